The van der Waals surface area contributed by atoms with E-state index in [-0.39, 0.29) is 5.41 Å². The van der Waals surface area contributed by atoms with Gasteiger partial charge in [0.2, 0.25) is 0 Å². The molecule has 0 saturated heterocycles. The highest BCUT2D eigenvalue weighted by molar-refractivity contribution is 5.26. The van der Waals surface area contributed by atoms with Gasteiger partial charge in [0.05, 0.1) is 0 Å². The minimum Gasteiger partial charge on any atom is -0.313 e. The molecule has 1 aromatic rings. The van der Waals surface area contributed by atoms with E-state index in [4.69, 9.17) is 0 Å². The standard InChI is InChI=1S/C18H27N/c1-5-18(4,13-19-17-10-11-17)12-15-6-8-16(9-7-15)14(2)3/h5-9,14,17,19H,1,10-13H2,2-4H3. The van der Waals surface area contributed by atoms with Crippen LogP contribution in [0.2, 0.25) is 0 Å². The van der Waals surface area contributed by atoms with E-state index >= 15 is 0 Å². The van der Waals surface area contributed by atoms with Crippen molar-refractivity contribution in [3.05, 3.63) is 48.0 Å². The van der Waals surface area contributed by atoms with Gasteiger partial charge in [0.1, 0.15) is 0 Å². The van der Waals surface area contributed by atoms with Crippen molar-refractivity contribution in [1.82, 2.24) is 5.32 Å². The van der Waals surface area contributed by atoms with E-state index in [0.29, 0.717) is 5.92 Å². The van der Waals surface area contributed by atoms with Crippen LogP contribution in [-0.4, -0.2) is 12.6 Å². The van der Waals surface area contributed by atoms with Crippen molar-refractivity contribution in [3.63, 3.8) is 0 Å². The Morgan fingerprint density at radius 3 is 2.42 bits per heavy atom. The van der Waals surface area contributed by atoms with Crippen LogP contribution in [0.1, 0.15) is 50.7 Å². The van der Waals surface area contributed by atoms with Gasteiger partial charge in [-0.15, -0.1) is 6.58 Å². The summed E-state index contributed by atoms with van der Waals surface area (Å²) in [7, 11) is 0. The minimum atomic E-state index is 0.155. The first-order chi connectivity index (χ1) is 9.02. The molecule has 0 spiro atoms. The number of rotatable bonds is 7. The van der Waals surface area contributed by atoms with Crippen LogP contribution in [0.4, 0.5) is 0 Å². The minimum absolute atomic E-state index is 0.155. The molecule has 1 N–H and O–H groups in total. The maximum absolute atomic E-state index is 4.03. The van der Waals surface area contributed by atoms with Gasteiger partial charge in [-0.05, 0) is 36.3 Å². The lowest BCUT2D eigenvalue weighted by Gasteiger charge is -2.26. The van der Waals surface area contributed by atoms with Gasteiger partial charge in [-0.3, -0.25) is 0 Å². The number of benzene rings is 1. The predicted octanol–water partition coefficient (Wildman–Crippen LogP) is 4.30. The van der Waals surface area contributed by atoms with Crippen LogP contribution in [-0.2, 0) is 6.42 Å². The predicted molar refractivity (Wildman–Crippen MR) is 83.6 cm³/mol. The molecule has 1 fully saturated rings. The van der Waals surface area contributed by atoms with Crippen molar-refractivity contribution < 1.29 is 0 Å². The number of nitrogens with one attached hydrogen (secondary N) is 1. The van der Waals surface area contributed by atoms with Crippen LogP contribution in [0, 0.1) is 5.41 Å². The summed E-state index contributed by atoms with van der Waals surface area (Å²) >= 11 is 0. The van der Waals surface area contributed by atoms with Crippen LogP contribution in [0.5, 0.6) is 0 Å². The number of hydrogen-bond acceptors (Lipinski definition) is 1. The SMILES string of the molecule is C=CC(C)(CNC1CC1)Cc1ccc(C(C)C)cc1. The summed E-state index contributed by atoms with van der Waals surface area (Å²) in [6, 6.07) is 9.83. The molecule has 0 aliphatic heterocycles. The molecule has 1 aromatic carbocycles. The quantitative estimate of drug-likeness (QED) is 0.718. The fraction of sp³-hybridized carbons (Fsp3) is 0.556. The molecule has 1 atom stereocenters. The van der Waals surface area contributed by atoms with Gasteiger partial charge in [-0.1, -0.05) is 51.1 Å². The van der Waals surface area contributed by atoms with Crippen LogP contribution in [0.15, 0.2) is 36.9 Å². The molecule has 1 aliphatic carbocycles. The van der Waals surface area contributed by atoms with Crippen LogP contribution in [0.25, 0.3) is 0 Å². The fourth-order valence-corrected chi connectivity index (χ4v) is 2.36. The third-order valence-corrected chi connectivity index (χ3v) is 4.12. The van der Waals surface area contributed by atoms with E-state index in [9.17, 15) is 0 Å². The van der Waals surface area contributed by atoms with Crippen molar-refractivity contribution in [3.8, 4) is 0 Å². The fourth-order valence-electron chi connectivity index (χ4n) is 2.36. The zero-order valence-corrected chi connectivity index (χ0v) is 12.6. The molecule has 2 rings (SSSR count). The first-order valence-electron chi connectivity index (χ1n) is 7.48. The Hall–Kier alpha value is -1.08. The largest absolute Gasteiger partial charge is 0.313 e. The summed E-state index contributed by atoms with van der Waals surface area (Å²) < 4.78 is 0. The van der Waals surface area contributed by atoms with Crippen molar-refractivity contribution in [2.75, 3.05) is 6.54 Å². The molecular formula is C18H27N. The van der Waals surface area contributed by atoms with Gasteiger partial charge in [0, 0.05) is 18.0 Å². The Morgan fingerprint density at radius 1 is 1.32 bits per heavy atom. The zero-order valence-electron chi connectivity index (χ0n) is 12.6. The third-order valence-electron chi connectivity index (χ3n) is 4.12. The summed E-state index contributed by atoms with van der Waals surface area (Å²) in [5, 5.41) is 3.63. The Bertz CT molecular complexity index is 414. The molecule has 0 aromatic heterocycles. The molecule has 1 saturated carbocycles. The lowest BCUT2D eigenvalue weighted by atomic mass is 9.83. The summed E-state index contributed by atoms with van der Waals surface area (Å²) in [6.07, 6.45) is 5.86. The maximum Gasteiger partial charge on any atom is 0.00685 e. The molecule has 19 heavy (non-hydrogen) atoms. The molecule has 0 bridgehead atoms. The van der Waals surface area contributed by atoms with Crippen molar-refractivity contribution in [2.24, 2.45) is 5.41 Å². The summed E-state index contributed by atoms with van der Waals surface area (Å²) in [6.45, 7) is 11.8. The molecule has 0 heterocycles. The average Bonchev–Trinajstić information content (AvgIpc) is 3.21. The summed E-state index contributed by atoms with van der Waals surface area (Å²) in [5.41, 5.74) is 2.98. The van der Waals surface area contributed by atoms with E-state index < -0.39 is 0 Å². The Morgan fingerprint density at radius 2 is 1.95 bits per heavy atom. The lowest BCUT2D eigenvalue weighted by molar-refractivity contribution is 0.389. The monoisotopic (exact) mass is 257 g/mol. The van der Waals surface area contributed by atoms with E-state index in [1.54, 1.807) is 0 Å². The average molecular weight is 257 g/mol. The van der Waals surface area contributed by atoms with Crippen molar-refractivity contribution in [1.29, 1.82) is 0 Å². The Kier molecular flexibility index (Phi) is 4.46. The second-order valence-electron chi connectivity index (χ2n) is 6.59. The Balaban J connectivity index is 1.97. The summed E-state index contributed by atoms with van der Waals surface area (Å²) in [5.74, 6) is 0.608. The van der Waals surface area contributed by atoms with E-state index in [0.717, 1.165) is 19.0 Å². The van der Waals surface area contributed by atoms with E-state index in [1.165, 1.54) is 24.0 Å². The normalized spacial score (nSPS) is 18.3. The lowest BCUT2D eigenvalue weighted by Crippen LogP contribution is -2.33. The maximum atomic E-state index is 4.03. The van der Waals surface area contributed by atoms with Gasteiger partial charge in [0.25, 0.3) is 0 Å². The smallest absolute Gasteiger partial charge is 0.00685 e. The molecule has 0 amide bonds. The van der Waals surface area contributed by atoms with Crippen molar-refractivity contribution >= 4 is 0 Å². The van der Waals surface area contributed by atoms with Gasteiger partial charge in [-0.2, -0.15) is 0 Å². The van der Waals surface area contributed by atoms with Gasteiger partial charge in [0.15, 0.2) is 0 Å². The van der Waals surface area contributed by atoms with Gasteiger partial charge < -0.3 is 5.32 Å². The second-order valence-corrected chi connectivity index (χ2v) is 6.59. The zero-order chi connectivity index (χ0) is 13.9. The topological polar surface area (TPSA) is 12.0 Å². The molecule has 1 aliphatic rings. The highest BCUT2D eigenvalue weighted by atomic mass is 15.0. The highest BCUT2D eigenvalue weighted by Crippen LogP contribution is 2.27. The van der Waals surface area contributed by atoms with E-state index in [2.05, 4.69) is 63.0 Å². The van der Waals surface area contributed by atoms with Crippen LogP contribution >= 0.6 is 0 Å². The molecular weight excluding hydrogens is 230 g/mol. The molecule has 104 valence electrons. The van der Waals surface area contributed by atoms with Crippen LogP contribution < -0.4 is 5.32 Å². The Labute approximate surface area is 118 Å². The van der Waals surface area contributed by atoms with Gasteiger partial charge >= 0.3 is 0 Å². The molecule has 1 heteroatoms. The second kappa shape index (κ2) is 5.92. The highest BCUT2D eigenvalue weighted by Gasteiger charge is 2.26. The summed E-state index contributed by atoms with van der Waals surface area (Å²) in [4.78, 5) is 0. The third kappa shape index (κ3) is 4.21. The van der Waals surface area contributed by atoms with E-state index in [1.807, 2.05) is 0 Å². The number of hydrogen-bond donors (Lipinski definition) is 1. The molecule has 1 nitrogen and oxygen atoms in total. The van der Waals surface area contributed by atoms with Gasteiger partial charge in [-0.25, -0.2) is 0 Å². The first-order valence-corrected chi connectivity index (χ1v) is 7.48. The molecule has 1 unspecified atom stereocenters. The molecule has 0 radical (unpaired) electrons. The van der Waals surface area contributed by atoms with Crippen molar-refractivity contribution in [2.45, 2.75) is 52.0 Å². The van der Waals surface area contributed by atoms with Crippen LogP contribution in [0.3, 0.4) is 0 Å². The first kappa shape index (κ1) is 14.3.